The number of aromatic nitrogens is 1. The number of alkyl halides is 3. The predicted octanol–water partition coefficient (Wildman–Crippen LogP) is 5.31. The molecule has 0 aliphatic carbocycles. The summed E-state index contributed by atoms with van der Waals surface area (Å²) in [6, 6.07) is 7.27. The molecule has 0 radical (unpaired) electrons. The van der Waals surface area contributed by atoms with Crippen LogP contribution in [-0.2, 0) is 14.8 Å². The fourth-order valence-electron chi connectivity index (χ4n) is 3.34. The Hall–Kier alpha value is -3.22. The Bertz CT molecular complexity index is 1170. The third kappa shape index (κ3) is 6.01. The average molecular weight is 500 g/mol. The largest absolute Gasteiger partial charge is 0.516 e. The van der Waals surface area contributed by atoms with Crippen molar-refractivity contribution in [2.45, 2.75) is 51.3 Å². The topological polar surface area (TPSA) is 113 Å². The molecule has 2 aromatic rings. The van der Waals surface area contributed by atoms with E-state index in [1.807, 2.05) is 11.8 Å². The van der Waals surface area contributed by atoms with Crippen LogP contribution in [0.15, 0.2) is 46.8 Å². The van der Waals surface area contributed by atoms with Crippen LogP contribution < -0.4 is 9.62 Å². The summed E-state index contributed by atoms with van der Waals surface area (Å²) in [5.74, 6) is -0.510. The van der Waals surface area contributed by atoms with E-state index in [0.29, 0.717) is 12.2 Å². The molecule has 34 heavy (non-hydrogen) atoms. The van der Waals surface area contributed by atoms with Gasteiger partial charge in [-0.1, -0.05) is 0 Å². The molecular formula is C21H24F3N5O4S. The molecule has 0 saturated carbocycles. The Labute approximate surface area is 195 Å². The van der Waals surface area contributed by atoms with Gasteiger partial charge in [0.15, 0.2) is 5.82 Å². The zero-order valence-corrected chi connectivity index (χ0v) is 19.5. The molecule has 1 aromatic carbocycles. The van der Waals surface area contributed by atoms with E-state index < -0.39 is 21.5 Å². The third-order valence-corrected chi connectivity index (χ3v) is 6.10. The number of ether oxygens (including phenoxy) is 1. The van der Waals surface area contributed by atoms with Gasteiger partial charge in [0.1, 0.15) is 5.69 Å². The Balaban J connectivity index is 1.90. The van der Waals surface area contributed by atoms with E-state index in [1.54, 1.807) is 24.6 Å². The van der Waals surface area contributed by atoms with Crippen LogP contribution in [0.5, 0.6) is 0 Å². The van der Waals surface area contributed by atoms with Crippen LogP contribution in [0.3, 0.4) is 0 Å². The molecule has 1 N–H and O–H groups in total. The van der Waals surface area contributed by atoms with Gasteiger partial charge in [-0.25, -0.2) is 9.78 Å². The number of esters is 1. The van der Waals surface area contributed by atoms with Crippen molar-refractivity contribution in [3.05, 3.63) is 42.1 Å². The highest BCUT2D eigenvalue weighted by Crippen LogP contribution is 2.36. The van der Waals surface area contributed by atoms with Gasteiger partial charge in [-0.05, 0) is 63.9 Å². The van der Waals surface area contributed by atoms with Crippen molar-refractivity contribution < 1.29 is 31.1 Å². The van der Waals surface area contributed by atoms with Crippen LogP contribution in [0, 0.1) is 0 Å². The van der Waals surface area contributed by atoms with E-state index in [1.165, 1.54) is 30.5 Å². The fourth-order valence-corrected chi connectivity index (χ4v) is 3.91. The highest BCUT2D eigenvalue weighted by molar-refractivity contribution is 7.93. The van der Waals surface area contributed by atoms with Crippen molar-refractivity contribution in [3.63, 3.8) is 0 Å². The molecule has 13 heteroatoms. The molecule has 1 aliphatic rings. The molecule has 1 fully saturated rings. The van der Waals surface area contributed by atoms with Crippen LogP contribution in [0.4, 0.5) is 36.1 Å². The van der Waals surface area contributed by atoms with Gasteiger partial charge in [0, 0.05) is 24.5 Å². The smallest absolute Gasteiger partial charge is 0.459 e. The quantitative estimate of drug-likeness (QED) is 0.408. The second kappa shape index (κ2) is 9.95. The van der Waals surface area contributed by atoms with Crippen molar-refractivity contribution in [3.8, 4) is 0 Å². The SMILES string of the molecule is CC(C)OC(=O)c1ccc(N=Nc2ccc(N3CCCC3C)cc2NS(=O)(=O)C(F)(F)F)nc1. The summed E-state index contributed by atoms with van der Waals surface area (Å²) in [5.41, 5.74) is -5.24. The number of carbonyl (C=O) groups is 1. The molecule has 1 saturated heterocycles. The zero-order chi connectivity index (χ0) is 25.1. The number of rotatable bonds is 7. The zero-order valence-electron chi connectivity index (χ0n) is 18.7. The standard InChI is InChI=1S/C21H24F3N5O4S/c1-13(2)33-20(30)15-6-9-19(25-12-15)27-26-17-8-7-16(29-10-4-5-14(29)3)11-18(17)28-34(31,32)21(22,23)24/h6-9,11-14,28H,4-5,10H2,1-3H3. The van der Waals surface area contributed by atoms with Gasteiger partial charge in [-0.15, -0.1) is 10.2 Å². The van der Waals surface area contributed by atoms with Crippen molar-refractivity contribution in [1.29, 1.82) is 0 Å². The lowest BCUT2D eigenvalue weighted by molar-refractivity contribution is -0.0429. The maximum absolute atomic E-state index is 13.0. The first-order valence-electron chi connectivity index (χ1n) is 10.5. The molecule has 1 aromatic heterocycles. The molecule has 0 amide bonds. The van der Waals surface area contributed by atoms with Crippen molar-refractivity contribution >= 4 is 38.9 Å². The summed E-state index contributed by atoms with van der Waals surface area (Å²) in [6.07, 6.45) is 2.75. The van der Waals surface area contributed by atoms with E-state index in [0.717, 1.165) is 12.8 Å². The molecule has 1 atom stereocenters. The number of hydrogen-bond acceptors (Lipinski definition) is 8. The Morgan fingerprint density at radius 1 is 1.24 bits per heavy atom. The minimum atomic E-state index is -5.67. The summed E-state index contributed by atoms with van der Waals surface area (Å²) >= 11 is 0. The number of azo groups is 1. The summed E-state index contributed by atoms with van der Waals surface area (Å²) in [4.78, 5) is 17.8. The van der Waals surface area contributed by atoms with Gasteiger partial charge in [0.25, 0.3) is 0 Å². The third-order valence-electron chi connectivity index (χ3n) is 5.00. The van der Waals surface area contributed by atoms with Crippen LogP contribution in [0.2, 0.25) is 0 Å². The lowest BCUT2D eigenvalue weighted by Crippen LogP contribution is -2.30. The van der Waals surface area contributed by atoms with Crippen LogP contribution in [0.1, 0.15) is 44.0 Å². The lowest BCUT2D eigenvalue weighted by Gasteiger charge is -2.24. The molecule has 1 unspecified atom stereocenters. The first kappa shape index (κ1) is 25.4. The number of pyridine rings is 1. The molecule has 1 aliphatic heterocycles. The highest BCUT2D eigenvalue weighted by atomic mass is 32.2. The molecule has 0 bridgehead atoms. The van der Waals surface area contributed by atoms with Crippen LogP contribution in [-0.4, -0.2) is 43.6 Å². The normalized spacial score (nSPS) is 16.9. The number of anilines is 2. The summed E-state index contributed by atoms with van der Waals surface area (Å²) in [5, 5.41) is 7.75. The van der Waals surface area contributed by atoms with Crippen molar-refractivity contribution in [2.75, 3.05) is 16.2 Å². The van der Waals surface area contributed by atoms with Crippen molar-refractivity contribution in [2.24, 2.45) is 10.2 Å². The van der Waals surface area contributed by atoms with Crippen molar-refractivity contribution in [1.82, 2.24) is 4.98 Å². The van der Waals surface area contributed by atoms with Gasteiger partial charge in [0.05, 0.1) is 17.4 Å². The Kier molecular flexibility index (Phi) is 7.44. The summed E-state index contributed by atoms with van der Waals surface area (Å²) < 4.78 is 69.1. The number of carbonyl (C=O) groups excluding carboxylic acids is 1. The predicted molar refractivity (Wildman–Crippen MR) is 120 cm³/mol. The maximum atomic E-state index is 13.0. The monoisotopic (exact) mass is 499 g/mol. The molecule has 9 nitrogen and oxygen atoms in total. The van der Waals surface area contributed by atoms with E-state index in [2.05, 4.69) is 15.2 Å². The Morgan fingerprint density at radius 3 is 2.53 bits per heavy atom. The number of nitrogens with one attached hydrogen (secondary N) is 1. The lowest BCUT2D eigenvalue weighted by atomic mass is 10.2. The maximum Gasteiger partial charge on any atom is 0.516 e. The second-order valence-corrected chi connectivity index (χ2v) is 9.67. The number of benzene rings is 1. The summed E-state index contributed by atoms with van der Waals surface area (Å²) in [7, 11) is -5.67. The summed E-state index contributed by atoms with van der Waals surface area (Å²) in [6.45, 7) is 6.08. The van der Waals surface area contributed by atoms with Gasteiger partial charge in [0.2, 0.25) is 0 Å². The van der Waals surface area contributed by atoms with E-state index in [4.69, 9.17) is 4.74 Å². The Morgan fingerprint density at radius 2 is 1.97 bits per heavy atom. The molecule has 184 valence electrons. The second-order valence-electron chi connectivity index (χ2n) is 8.00. The number of nitrogens with zero attached hydrogens (tertiary/aromatic N) is 4. The van der Waals surface area contributed by atoms with Crippen LogP contribution in [0.25, 0.3) is 0 Å². The number of halogens is 3. The first-order valence-corrected chi connectivity index (χ1v) is 11.9. The minimum Gasteiger partial charge on any atom is -0.459 e. The first-order chi connectivity index (χ1) is 15.9. The molecular weight excluding hydrogens is 475 g/mol. The van der Waals surface area contributed by atoms with E-state index >= 15 is 0 Å². The molecule has 2 heterocycles. The molecule has 0 spiro atoms. The highest BCUT2D eigenvalue weighted by Gasteiger charge is 2.46. The number of sulfonamides is 1. The molecule has 3 rings (SSSR count). The number of hydrogen-bond donors (Lipinski definition) is 1. The van der Waals surface area contributed by atoms with E-state index in [-0.39, 0.29) is 34.9 Å². The average Bonchev–Trinajstić information content (AvgIpc) is 3.17. The fraction of sp³-hybridized carbons (Fsp3) is 0.429. The van der Waals surface area contributed by atoms with Gasteiger partial charge >= 0.3 is 21.5 Å². The van der Waals surface area contributed by atoms with Gasteiger partial charge < -0.3 is 9.64 Å². The van der Waals surface area contributed by atoms with Crippen LogP contribution >= 0.6 is 0 Å². The van der Waals surface area contributed by atoms with Gasteiger partial charge in [-0.3, -0.25) is 4.72 Å². The van der Waals surface area contributed by atoms with Gasteiger partial charge in [-0.2, -0.15) is 21.6 Å². The van der Waals surface area contributed by atoms with E-state index in [9.17, 15) is 26.4 Å². The minimum absolute atomic E-state index is 0.0583.